The molecule has 7 nitrogen and oxygen atoms in total. The number of pyridine rings is 1. The Bertz CT molecular complexity index is 697. The van der Waals surface area contributed by atoms with Gasteiger partial charge in [0.1, 0.15) is 11.6 Å². The monoisotopic (exact) mass is 318 g/mol. The van der Waals surface area contributed by atoms with Gasteiger partial charge in [0.15, 0.2) is 0 Å². The zero-order valence-corrected chi connectivity index (χ0v) is 12.6. The van der Waals surface area contributed by atoms with E-state index in [1.807, 2.05) is 17.5 Å². The molecule has 0 aromatic carbocycles. The minimum Gasteiger partial charge on any atom is -0.387 e. The average molecular weight is 318 g/mol. The second-order valence-electron chi connectivity index (χ2n) is 4.74. The first-order valence-electron chi connectivity index (χ1n) is 6.54. The summed E-state index contributed by atoms with van der Waals surface area (Å²) in [5.74, 6) is 0.0370. The molecule has 0 aliphatic heterocycles. The van der Waals surface area contributed by atoms with Crippen molar-refractivity contribution in [2.45, 2.75) is 25.5 Å². The lowest BCUT2D eigenvalue weighted by molar-refractivity contribution is -0.384. The van der Waals surface area contributed by atoms with Gasteiger partial charge in [0.2, 0.25) is 5.82 Å². The second-order valence-corrected chi connectivity index (χ2v) is 5.72. The van der Waals surface area contributed by atoms with E-state index < -0.39 is 11.0 Å². The van der Waals surface area contributed by atoms with Crippen molar-refractivity contribution < 1.29 is 10.0 Å². The number of aliphatic hydroxyl groups excluding tert-OH is 1. The third kappa shape index (κ3) is 3.58. The Morgan fingerprint density at radius 2 is 2.36 bits per heavy atom. The highest BCUT2D eigenvalue weighted by Gasteiger charge is 2.23. The molecule has 0 fully saturated rings. The fourth-order valence-corrected chi connectivity index (χ4v) is 2.78. The average Bonchev–Trinajstić information content (AvgIpc) is 3.00. The first-order valence-corrected chi connectivity index (χ1v) is 7.42. The zero-order chi connectivity index (χ0) is 16.1. The number of nitro groups is 1. The quantitative estimate of drug-likeness (QED) is 0.625. The number of hydrogen-bond acceptors (Lipinski definition) is 7. The van der Waals surface area contributed by atoms with Gasteiger partial charge in [0.25, 0.3) is 0 Å². The van der Waals surface area contributed by atoms with Crippen LogP contribution in [0.3, 0.4) is 0 Å². The van der Waals surface area contributed by atoms with Crippen molar-refractivity contribution in [3.63, 3.8) is 0 Å². The molecule has 0 bridgehead atoms. The molecule has 2 aromatic heterocycles. The van der Waals surface area contributed by atoms with Gasteiger partial charge in [-0.1, -0.05) is 6.07 Å². The number of thiophene rings is 1. The predicted molar refractivity (Wildman–Crippen MR) is 82.6 cm³/mol. The maximum atomic E-state index is 11.1. The van der Waals surface area contributed by atoms with Gasteiger partial charge in [-0.15, -0.1) is 11.3 Å². The Hall–Kier alpha value is -2.50. The maximum Gasteiger partial charge on any atom is 0.328 e. The van der Waals surface area contributed by atoms with E-state index in [9.17, 15) is 15.2 Å². The summed E-state index contributed by atoms with van der Waals surface area (Å²) in [5.41, 5.74) is -0.393. The lowest BCUT2D eigenvalue weighted by Gasteiger charge is -2.17. The van der Waals surface area contributed by atoms with Crippen LogP contribution in [-0.4, -0.2) is 21.1 Å². The summed E-state index contributed by atoms with van der Waals surface area (Å²) in [4.78, 5) is 15.3. The Kier molecular flexibility index (Phi) is 5.04. The number of rotatable bonds is 6. The molecule has 2 atom stereocenters. The summed E-state index contributed by atoms with van der Waals surface area (Å²) in [6.07, 6.45) is 1.06. The summed E-state index contributed by atoms with van der Waals surface area (Å²) < 4.78 is 0. The van der Waals surface area contributed by atoms with Crippen molar-refractivity contribution in [2.75, 3.05) is 5.32 Å². The van der Waals surface area contributed by atoms with E-state index in [0.717, 1.165) is 4.88 Å². The number of hydrogen-bond donors (Lipinski definition) is 2. The molecule has 2 aromatic rings. The molecule has 22 heavy (non-hydrogen) atoms. The molecular weight excluding hydrogens is 304 g/mol. The highest BCUT2D eigenvalue weighted by atomic mass is 32.1. The SMILES string of the molecule is C[C@@H](C[C@H](O)c1cccs1)Nc1nccc(C#N)c1[N+](=O)[O-]. The van der Waals surface area contributed by atoms with Crippen LogP contribution in [0.4, 0.5) is 11.5 Å². The van der Waals surface area contributed by atoms with E-state index in [1.54, 1.807) is 13.0 Å². The van der Waals surface area contributed by atoms with Crippen LogP contribution in [0.15, 0.2) is 29.8 Å². The van der Waals surface area contributed by atoms with E-state index in [2.05, 4.69) is 10.3 Å². The van der Waals surface area contributed by atoms with E-state index in [0.29, 0.717) is 6.42 Å². The minimum absolute atomic E-state index is 0.0370. The number of aliphatic hydroxyl groups is 1. The zero-order valence-electron chi connectivity index (χ0n) is 11.8. The first kappa shape index (κ1) is 15.9. The van der Waals surface area contributed by atoms with Crippen molar-refractivity contribution in [3.8, 4) is 6.07 Å². The van der Waals surface area contributed by atoms with Crippen LogP contribution in [0.5, 0.6) is 0 Å². The van der Waals surface area contributed by atoms with E-state index in [1.165, 1.54) is 23.6 Å². The largest absolute Gasteiger partial charge is 0.387 e. The number of nitrogens with zero attached hydrogens (tertiary/aromatic N) is 3. The summed E-state index contributed by atoms with van der Waals surface area (Å²) >= 11 is 1.45. The van der Waals surface area contributed by atoms with Crippen molar-refractivity contribution in [1.29, 1.82) is 5.26 Å². The van der Waals surface area contributed by atoms with Gasteiger partial charge in [0, 0.05) is 17.1 Å². The second kappa shape index (κ2) is 6.98. The third-order valence-corrected chi connectivity index (χ3v) is 4.03. The van der Waals surface area contributed by atoms with Crippen molar-refractivity contribution in [1.82, 2.24) is 4.98 Å². The van der Waals surface area contributed by atoms with Crippen molar-refractivity contribution in [2.24, 2.45) is 0 Å². The molecule has 0 aliphatic rings. The van der Waals surface area contributed by atoms with Gasteiger partial charge in [-0.3, -0.25) is 10.1 Å². The third-order valence-electron chi connectivity index (χ3n) is 3.06. The molecule has 0 amide bonds. The van der Waals surface area contributed by atoms with Crippen LogP contribution < -0.4 is 5.32 Å². The molecule has 2 N–H and O–H groups in total. The number of aromatic nitrogens is 1. The first-order chi connectivity index (χ1) is 10.5. The fourth-order valence-electron chi connectivity index (χ4n) is 2.06. The summed E-state index contributed by atoms with van der Waals surface area (Å²) in [7, 11) is 0. The molecule has 8 heteroatoms. The fraction of sp³-hybridized carbons (Fsp3) is 0.286. The normalized spacial score (nSPS) is 13.1. The standard InChI is InChI=1S/C14H14N4O3S/c1-9(7-11(19)12-3-2-6-22-12)17-14-13(18(20)21)10(8-15)4-5-16-14/h2-6,9,11,19H,7H2,1H3,(H,16,17)/t9-,11-/m0/s1. The highest BCUT2D eigenvalue weighted by molar-refractivity contribution is 7.10. The number of nitriles is 1. The molecule has 114 valence electrons. The van der Waals surface area contributed by atoms with E-state index >= 15 is 0 Å². The Labute approximate surface area is 131 Å². The van der Waals surface area contributed by atoms with Crippen LogP contribution in [0.1, 0.15) is 29.9 Å². The van der Waals surface area contributed by atoms with Gasteiger partial charge < -0.3 is 10.4 Å². The summed E-state index contributed by atoms with van der Waals surface area (Å²) in [6.45, 7) is 1.79. The molecular formula is C14H14N4O3S. The molecule has 0 aliphatic carbocycles. The molecule has 0 spiro atoms. The van der Waals surface area contributed by atoms with Gasteiger partial charge in [-0.25, -0.2) is 4.98 Å². The van der Waals surface area contributed by atoms with Crippen molar-refractivity contribution in [3.05, 3.63) is 50.3 Å². The number of anilines is 1. The summed E-state index contributed by atoms with van der Waals surface area (Å²) in [6, 6.07) is 6.52. The lowest BCUT2D eigenvalue weighted by atomic mass is 10.1. The van der Waals surface area contributed by atoms with Gasteiger partial charge in [-0.05, 0) is 30.9 Å². The van der Waals surface area contributed by atoms with Crippen LogP contribution in [0.2, 0.25) is 0 Å². The van der Waals surface area contributed by atoms with E-state index in [4.69, 9.17) is 5.26 Å². The van der Waals surface area contributed by atoms with Crippen LogP contribution in [0.25, 0.3) is 0 Å². The maximum absolute atomic E-state index is 11.1. The van der Waals surface area contributed by atoms with Crippen LogP contribution in [0, 0.1) is 21.4 Å². The van der Waals surface area contributed by atoms with Gasteiger partial charge in [0.05, 0.1) is 11.0 Å². The van der Waals surface area contributed by atoms with Crippen LogP contribution in [-0.2, 0) is 0 Å². The van der Waals surface area contributed by atoms with Crippen LogP contribution >= 0.6 is 11.3 Å². The molecule has 0 radical (unpaired) electrons. The van der Waals surface area contributed by atoms with Gasteiger partial charge >= 0.3 is 5.69 Å². The molecule has 0 saturated carbocycles. The number of nitrogens with one attached hydrogen (secondary N) is 1. The molecule has 0 saturated heterocycles. The lowest BCUT2D eigenvalue weighted by Crippen LogP contribution is -2.20. The molecule has 2 rings (SSSR count). The summed E-state index contributed by atoms with van der Waals surface area (Å²) in [5, 5.41) is 34.9. The Balaban J connectivity index is 2.13. The predicted octanol–water partition coefficient (Wildman–Crippen LogP) is 2.85. The highest BCUT2D eigenvalue weighted by Crippen LogP contribution is 2.28. The smallest absolute Gasteiger partial charge is 0.328 e. The Morgan fingerprint density at radius 3 is 2.95 bits per heavy atom. The topological polar surface area (TPSA) is 112 Å². The molecule has 0 unspecified atom stereocenters. The van der Waals surface area contributed by atoms with Crippen molar-refractivity contribution >= 4 is 22.8 Å². The Morgan fingerprint density at radius 1 is 1.59 bits per heavy atom. The molecule has 2 heterocycles. The van der Waals surface area contributed by atoms with Gasteiger partial charge in [-0.2, -0.15) is 5.26 Å². The minimum atomic E-state index is -0.652. The van der Waals surface area contributed by atoms with E-state index in [-0.39, 0.29) is 23.1 Å².